The van der Waals surface area contributed by atoms with Crippen LogP contribution in [0, 0.1) is 6.92 Å². The predicted molar refractivity (Wildman–Crippen MR) is 171 cm³/mol. The minimum atomic E-state index is -0.0764. The van der Waals surface area contributed by atoms with E-state index in [1.807, 2.05) is 0 Å². The van der Waals surface area contributed by atoms with Crippen molar-refractivity contribution < 1.29 is 0 Å². The van der Waals surface area contributed by atoms with E-state index in [-0.39, 0.29) is 10.8 Å². The van der Waals surface area contributed by atoms with Crippen molar-refractivity contribution in [3.8, 4) is 33.4 Å². The third-order valence-electron chi connectivity index (χ3n) is 10.4. The van der Waals surface area contributed by atoms with Crippen LogP contribution in [0.3, 0.4) is 0 Å². The third-order valence-corrected chi connectivity index (χ3v) is 10.4. The topological polar surface area (TPSA) is 0 Å². The number of rotatable bonds is 0. The zero-order valence-electron chi connectivity index (χ0n) is 24.4. The van der Waals surface area contributed by atoms with Gasteiger partial charge in [0.1, 0.15) is 0 Å². The molecule has 0 aromatic heterocycles. The first-order valence-electron chi connectivity index (χ1n) is 14.8. The predicted octanol–water partition coefficient (Wildman–Crippen LogP) is 10.9. The van der Waals surface area contributed by atoms with Crippen molar-refractivity contribution in [1.29, 1.82) is 0 Å². The van der Waals surface area contributed by atoms with Gasteiger partial charge < -0.3 is 0 Å². The molecule has 8 rings (SSSR count). The average Bonchev–Trinajstić information content (AvgIpc) is 3.38. The fraction of sp³-hybridized carbons (Fsp3) is 0.250. The second-order valence-electron chi connectivity index (χ2n) is 13.5. The molecule has 0 radical (unpaired) electrons. The van der Waals surface area contributed by atoms with Gasteiger partial charge in [-0.1, -0.05) is 114 Å². The van der Waals surface area contributed by atoms with Gasteiger partial charge in [0.05, 0.1) is 0 Å². The van der Waals surface area contributed by atoms with Crippen molar-refractivity contribution in [3.05, 3.63) is 124 Å². The van der Waals surface area contributed by atoms with Gasteiger partial charge in [0.25, 0.3) is 0 Å². The summed E-state index contributed by atoms with van der Waals surface area (Å²) in [5, 5.41) is 2.83. The summed E-state index contributed by atoms with van der Waals surface area (Å²) >= 11 is 0. The van der Waals surface area contributed by atoms with Crippen LogP contribution in [0.15, 0.2) is 84.9 Å². The van der Waals surface area contributed by atoms with E-state index < -0.39 is 0 Å². The minimum absolute atomic E-state index is 0.0308. The van der Waals surface area contributed by atoms with Gasteiger partial charge in [0, 0.05) is 11.3 Å². The largest absolute Gasteiger partial charge is 0.0831 e. The summed E-state index contributed by atoms with van der Waals surface area (Å²) in [4.78, 5) is 0. The van der Waals surface area contributed by atoms with E-state index in [9.17, 15) is 0 Å². The summed E-state index contributed by atoms with van der Waals surface area (Å²) in [6.45, 7) is 14.5. The van der Waals surface area contributed by atoms with Crippen LogP contribution in [0.2, 0.25) is 0 Å². The van der Waals surface area contributed by atoms with Crippen LogP contribution in [0.5, 0.6) is 0 Å². The molecule has 0 heteroatoms. The number of allylic oxidation sites excluding steroid dienone is 1. The maximum Gasteiger partial charge on any atom is 0.0159 e. The second kappa shape index (κ2) is 7.85. The van der Waals surface area contributed by atoms with E-state index in [2.05, 4.69) is 133 Å². The maximum absolute atomic E-state index is 2.60. The molecule has 0 spiro atoms. The lowest BCUT2D eigenvalue weighted by Crippen LogP contribution is -2.21. The fourth-order valence-corrected chi connectivity index (χ4v) is 8.27. The smallest absolute Gasteiger partial charge is 0.0159 e. The van der Waals surface area contributed by atoms with Crippen molar-refractivity contribution in [2.75, 3.05) is 0 Å². The molecule has 0 heterocycles. The first-order valence-corrected chi connectivity index (χ1v) is 14.8. The number of hydrogen-bond acceptors (Lipinski definition) is 0. The molecule has 0 aliphatic heterocycles. The van der Waals surface area contributed by atoms with Crippen LogP contribution >= 0.6 is 0 Å². The molecule has 5 aromatic carbocycles. The lowest BCUT2D eigenvalue weighted by atomic mass is 9.72. The Hall–Kier alpha value is -3.90. The second-order valence-corrected chi connectivity index (χ2v) is 13.5. The van der Waals surface area contributed by atoms with Crippen LogP contribution < -0.4 is 0 Å². The van der Waals surface area contributed by atoms with Gasteiger partial charge in [-0.05, 0) is 114 Å². The molecule has 0 saturated heterocycles. The van der Waals surface area contributed by atoms with Crippen molar-refractivity contribution in [2.24, 2.45) is 0 Å². The van der Waals surface area contributed by atoms with Crippen molar-refractivity contribution >= 4 is 16.8 Å². The van der Waals surface area contributed by atoms with Crippen molar-refractivity contribution in [1.82, 2.24) is 0 Å². The van der Waals surface area contributed by atoms with Gasteiger partial charge in [-0.3, -0.25) is 0 Å². The van der Waals surface area contributed by atoms with Crippen LogP contribution in [0.1, 0.15) is 85.9 Å². The van der Waals surface area contributed by atoms with E-state index in [1.54, 1.807) is 0 Å². The molecular weight excluding hydrogens is 480 g/mol. The molecule has 1 unspecified atom stereocenters. The van der Waals surface area contributed by atoms with E-state index in [0.717, 1.165) is 6.42 Å². The first kappa shape index (κ1) is 23.9. The molecular formula is C40H36. The van der Waals surface area contributed by atoms with E-state index >= 15 is 0 Å². The maximum atomic E-state index is 2.60. The number of benzene rings is 5. The van der Waals surface area contributed by atoms with E-state index in [1.165, 1.54) is 83.1 Å². The Labute approximate surface area is 238 Å². The Morgan fingerprint density at radius 3 is 2.17 bits per heavy atom. The van der Waals surface area contributed by atoms with Crippen LogP contribution in [0.4, 0.5) is 0 Å². The third kappa shape index (κ3) is 2.97. The lowest BCUT2D eigenvalue weighted by molar-refractivity contribution is 0.527. The molecule has 0 N–H and O–H groups in total. The fourth-order valence-electron chi connectivity index (χ4n) is 8.27. The Kier molecular flexibility index (Phi) is 4.70. The van der Waals surface area contributed by atoms with Gasteiger partial charge in [0.2, 0.25) is 0 Å². The Bertz CT molecular complexity index is 1940. The summed E-state index contributed by atoms with van der Waals surface area (Å²) in [7, 11) is 0. The van der Waals surface area contributed by atoms with E-state index in [4.69, 9.17) is 0 Å². The normalized spacial score (nSPS) is 18.7. The van der Waals surface area contributed by atoms with Gasteiger partial charge >= 0.3 is 0 Å². The molecule has 5 aromatic rings. The molecule has 196 valence electrons. The van der Waals surface area contributed by atoms with Gasteiger partial charge in [0.15, 0.2) is 0 Å². The van der Waals surface area contributed by atoms with E-state index in [0.29, 0.717) is 5.92 Å². The van der Waals surface area contributed by atoms with Gasteiger partial charge in [-0.2, -0.15) is 0 Å². The number of fused-ring (bicyclic) bond motifs is 9. The highest BCUT2D eigenvalue weighted by molar-refractivity contribution is 6.20. The SMILES string of the molecule is Cc1cccc2c1C(C)c1cc3c(cc1C(C)(C)CC=C2)-c1c(cc2c4c(cccc14)-c1ccccc1-2)C3(C)C. The van der Waals surface area contributed by atoms with Gasteiger partial charge in [-0.15, -0.1) is 0 Å². The summed E-state index contributed by atoms with van der Waals surface area (Å²) in [6.07, 6.45) is 5.79. The molecule has 0 saturated carbocycles. The zero-order valence-corrected chi connectivity index (χ0v) is 24.4. The standard InChI is InChI=1S/C40H36/c1-23-12-9-13-25-14-11-19-39(3,4)33-22-32-34(20-30(33)24(2)36(23)25)40(5,6)35-21-31-27-16-8-7-15-26(27)28-17-10-18-29(37(28)31)38(32)35/h7-18,20-22,24H,19H2,1-6H3. The van der Waals surface area contributed by atoms with Crippen LogP contribution in [-0.2, 0) is 10.8 Å². The van der Waals surface area contributed by atoms with Gasteiger partial charge in [-0.25, -0.2) is 0 Å². The molecule has 1 atom stereocenters. The summed E-state index contributed by atoms with van der Waals surface area (Å²) in [5.41, 5.74) is 18.5. The molecule has 40 heavy (non-hydrogen) atoms. The number of aryl methyl sites for hydroxylation is 1. The highest BCUT2D eigenvalue weighted by Gasteiger charge is 2.41. The van der Waals surface area contributed by atoms with Crippen LogP contribution in [0.25, 0.3) is 50.2 Å². The molecule has 0 fully saturated rings. The van der Waals surface area contributed by atoms with Crippen molar-refractivity contribution in [2.45, 2.75) is 64.7 Å². The summed E-state index contributed by atoms with van der Waals surface area (Å²) in [5.74, 6) is 0.322. The monoisotopic (exact) mass is 516 g/mol. The van der Waals surface area contributed by atoms with Crippen LogP contribution in [-0.4, -0.2) is 0 Å². The lowest BCUT2D eigenvalue weighted by Gasteiger charge is -2.31. The molecule has 0 nitrogen and oxygen atoms in total. The number of hydrogen-bond donors (Lipinski definition) is 0. The average molecular weight is 517 g/mol. The quantitative estimate of drug-likeness (QED) is 0.188. The Morgan fingerprint density at radius 1 is 0.675 bits per heavy atom. The van der Waals surface area contributed by atoms with Crippen molar-refractivity contribution in [3.63, 3.8) is 0 Å². The molecule has 0 amide bonds. The first-order chi connectivity index (χ1) is 19.2. The minimum Gasteiger partial charge on any atom is -0.0831 e. The highest BCUT2D eigenvalue weighted by atomic mass is 14.4. The Morgan fingerprint density at radius 2 is 1.38 bits per heavy atom. The highest BCUT2D eigenvalue weighted by Crippen LogP contribution is 2.58. The molecule has 3 aliphatic rings. The molecule has 0 bridgehead atoms. The molecule has 3 aliphatic carbocycles. The summed E-state index contributed by atoms with van der Waals surface area (Å²) in [6, 6.07) is 30.4. The summed E-state index contributed by atoms with van der Waals surface area (Å²) < 4.78 is 0. The Balaban J connectivity index is 1.46. The zero-order chi connectivity index (χ0) is 27.6.